The monoisotopic (exact) mass is 295 g/mol. The molecule has 0 aliphatic rings. The highest BCUT2D eigenvalue weighted by molar-refractivity contribution is 5.92. The molecule has 0 unspecified atom stereocenters. The maximum atomic E-state index is 12.1. The fourth-order valence-corrected chi connectivity index (χ4v) is 2.37. The number of para-hydroxylation sites is 4. The van der Waals surface area contributed by atoms with E-state index in [-0.39, 0.29) is 5.91 Å². The molecule has 1 N–H and O–H groups in total. The molecule has 5 heteroatoms. The Hall–Kier alpha value is -2.82. The number of fused-ring (bicyclic) bond motifs is 1. The Morgan fingerprint density at radius 1 is 1.18 bits per heavy atom. The topological polar surface area (TPSA) is 56.1 Å². The second-order valence-electron chi connectivity index (χ2n) is 4.93. The van der Waals surface area contributed by atoms with E-state index in [1.165, 1.54) is 0 Å². The lowest BCUT2D eigenvalue weighted by Gasteiger charge is -2.10. The summed E-state index contributed by atoms with van der Waals surface area (Å²) in [4.78, 5) is 16.4. The Bertz CT molecular complexity index is 795. The van der Waals surface area contributed by atoms with Crippen LogP contribution in [0, 0.1) is 0 Å². The van der Waals surface area contributed by atoms with Crippen LogP contribution in [0.2, 0.25) is 0 Å². The summed E-state index contributed by atoms with van der Waals surface area (Å²) in [6.45, 7) is 0.585. The number of aryl methyl sites for hydroxylation is 1. The third kappa shape index (κ3) is 2.93. The van der Waals surface area contributed by atoms with Gasteiger partial charge in [0.1, 0.15) is 5.75 Å². The van der Waals surface area contributed by atoms with E-state index in [9.17, 15) is 4.79 Å². The summed E-state index contributed by atoms with van der Waals surface area (Å²) in [6, 6.07) is 15.3. The zero-order valence-corrected chi connectivity index (χ0v) is 12.3. The number of ether oxygens (including phenoxy) is 1. The molecule has 0 aliphatic heterocycles. The van der Waals surface area contributed by atoms with Crippen molar-refractivity contribution in [3.05, 3.63) is 54.9 Å². The molecule has 1 amide bonds. The molecule has 3 rings (SSSR count). The molecule has 0 saturated carbocycles. The number of benzene rings is 2. The summed E-state index contributed by atoms with van der Waals surface area (Å²) in [5.41, 5.74) is 2.66. The van der Waals surface area contributed by atoms with Crippen LogP contribution < -0.4 is 10.1 Å². The second kappa shape index (κ2) is 6.30. The fraction of sp³-hybridized carbons (Fsp3) is 0.176. The van der Waals surface area contributed by atoms with Crippen LogP contribution >= 0.6 is 0 Å². The molecular weight excluding hydrogens is 278 g/mol. The Kier molecular flexibility index (Phi) is 4.05. The van der Waals surface area contributed by atoms with Gasteiger partial charge in [0.2, 0.25) is 5.91 Å². The van der Waals surface area contributed by atoms with Gasteiger partial charge in [0.05, 0.1) is 30.2 Å². The van der Waals surface area contributed by atoms with Gasteiger partial charge in [-0.25, -0.2) is 4.98 Å². The molecule has 112 valence electrons. The van der Waals surface area contributed by atoms with E-state index in [2.05, 4.69) is 10.3 Å². The third-order valence-corrected chi connectivity index (χ3v) is 3.49. The van der Waals surface area contributed by atoms with Gasteiger partial charge in [-0.3, -0.25) is 4.79 Å². The van der Waals surface area contributed by atoms with Crippen LogP contribution in [0.4, 0.5) is 5.69 Å². The van der Waals surface area contributed by atoms with Crippen LogP contribution in [0.25, 0.3) is 11.0 Å². The number of hydrogen-bond acceptors (Lipinski definition) is 3. The maximum Gasteiger partial charge on any atom is 0.226 e. The molecule has 0 radical (unpaired) electrons. The SMILES string of the molecule is COc1ccccc1NC(=O)CCn1cnc2ccccc21. The molecule has 0 fully saturated rings. The first-order valence-corrected chi connectivity index (χ1v) is 7.10. The first-order valence-electron chi connectivity index (χ1n) is 7.10. The van der Waals surface area contributed by atoms with Gasteiger partial charge in [0, 0.05) is 13.0 Å². The summed E-state index contributed by atoms with van der Waals surface area (Å²) in [5, 5.41) is 2.87. The Labute approximate surface area is 128 Å². The number of carbonyl (C=O) groups excluding carboxylic acids is 1. The summed E-state index contributed by atoms with van der Waals surface area (Å²) < 4.78 is 7.21. The summed E-state index contributed by atoms with van der Waals surface area (Å²) >= 11 is 0. The number of rotatable bonds is 5. The number of anilines is 1. The first-order chi connectivity index (χ1) is 10.8. The van der Waals surface area contributed by atoms with Gasteiger partial charge in [-0.15, -0.1) is 0 Å². The van der Waals surface area contributed by atoms with Gasteiger partial charge in [-0.05, 0) is 24.3 Å². The van der Waals surface area contributed by atoms with Gasteiger partial charge in [0.15, 0.2) is 0 Å². The molecule has 1 heterocycles. The van der Waals surface area contributed by atoms with Gasteiger partial charge >= 0.3 is 0 Å². The van der Waals surface area contributed by atoms with Crippen molar-refractivity contribution in [2.24, 2.45) is 0 Å². The van der Waals surface area contributed by atoms with Crippen LogP contribution in [-0.4, -0.2) is 22.6 Å². The molecule has 0 aliphatic carbocycles. The van der Waals surface area contributed by atoms with E-state index < -0.39 is 0 Å². The quantitative estimate of drug-likeness (QED) is 0.787. The smallest absolute Gasteiger partial charge is 0.226 e. The van der Waals surface area contributed by atoms with Crippen molar-refractivity contribution in [3.63, 3.8) is 0 Å². The highest BCUT2D eigenvalue weighted by Crippen LogP contribution is 2.23. The fourth-order valence-electron chi connectivity index (χ4n) is 2.37. The van der Waals surface area contributed by atoms with Gasteiger partial charge in [-0.2, -0.15) is 0 Å². The lowest BCUT2D eigenvalue weighted by molar-refractivity contribution is -0.116. The van der Waals surface area contributed by atoms with Gasteiger partial charge < -0.3 is 14.6 Å². The van der Waals surface area contributed by atoms with Gasteiger partial charge in [-0.1, -0.05) is 24.3 Å². The number of imidazole rings is 1. The molecular formula is C17H17N3O2. The van der Waals surface area contributed by atoms with Crippen molar-refractivity contribution in [2.45, 2.75) is 13.0 Å². The summed E-state index contributed by atoms with van der Waals surface area (Å²) in [7, 11) is 1.59. The van der Waals surface area contributed by atoms with Crippen LogP contribution in [0.5, 0.6) is 5.75 Å². The first kappa shape index (κ1) is 14.1. The molecule has 0 spiro atoms. The maximum absolute atomic E-state index is 12.1. The van der Waals surface area contributed by atoms with Crippen LogP contribution in [-0.2, 0) is 11.3 Å². The minimum atomic E-state index is -0.0534. The van der Waals surface area contributed by atoms with E-state index in [4.69, 9.17) is 4.74 Å². The summed E-state index contributed by atoms with van der Waals surface area (Å²) in [5.74, 6) is 0.603. The van der Waals surface area contributed by atoms with Crippen LogP contribution in [0.3, 0.4) is 0 Å². The van der Waals surface area contributed by atoms with E-state index in [1.54, 1.807) is 13.4 Å². The van der Waals surface area contributed by atoms with E-state index in [0.717, 1.165) is 11.0 Å². The highest BCUT2D eigenvalue weighted by Gasteiger charge is 2.08. The number of aromatic nitrogens is 2. The minimum absolute atomic E-state index is 0.0534. The van der Waals surface area contributed by atoms with E-state index in [1.807, 2.05) is 53.1 Å². The van der Waals surface area contributed by atoms with Crippen LogP contribution in [0.15, 0.2) is 54.9 Å². The molecule has 5 nitrogen and oxygen atoms in total. The number of nitrogens with one attached hydrogen (secondary N) is 1. The number of methoxy groups -OCH3 is 1. The van der Waals surface area contributed by atoms with Crippen molar-refractivity contribution >= 4 is 22.6 Å². The van der Waals surface area contributed by atoms with Crippen molar-refractivity contribution in [1.29, 1.82) is 0 Å². The number of carbonyl (C=O) groups is 1. The largest absolute Gasteiger partial charge is 0.495 e. The molecule has 0 atom stereocenters. The van der Waals surface area contributed by atoms with Crippen molar-refractivity contribution in [1.82, 2.24) is 9.55 Å². The Morgan fingerprint density at radius 2 is 1.95 bits per heavy atom. The normalized spacial score (nSPS) is 10.6. The standard InChI is InChI=1S/C17H17N3O2/c1-22-16-9-5-3-7-14(16)19-17(21)10-11-20-12-18-13-6-2-4-8-15(13)20/h2-9,12H,10-11H2,1H3,(H,19,21). The predicted molar refractivity (Wildman–Crippen MR) is 86.0 cm³/mol. The van der Waals surface area contributed by atoms with E-state index in [0.29, 0.717) is 24.4 Å². The lowest BCUT2D eigenvalue weighted by Crippen LogP contribution is -2.14. The van der Waals surface area contributed by atoms with Crippen molar-refractivity contribution in [2.75, 3.05) is 12.4 Å². The number of amides is 1. The average molecular weight is 295 g/mol. The van der Waals surface area contributed by atoms with Crippen LogP contribution in [0.1, 0.15) is 6.42 Å². The second-order valence-corrected chi connectivity index (χ2v) is 4.93. The number of nitrogens with zero attached hydrogens (tertiary/aromatic N) is 2. The van der Waals surface area contributed by atoms with Crippen molar-refractivity contribution in [3.8, 4) is 5.75 Å². The van der Waals surface area contributed by atoms with E-state index >= 15 is 0 Å². The molecule has 2 aromatic carbocycles. The van der Waals surface area contributed by atoms with Crippen molar-refractivity contribution < 1.29 is 9.53 Å². The number of hydrogen-bond donors (Lipinski definition) is 1. The molecule has 22 heavy (non-hydrogen) atoms. The molecule has 0 saturated heterocycles. The lowest BCUT2D eigenvalue weighted by atomic mass is 10.2. The minimum Gasteiger partial charge on any atom is -0.495 e. The summed E-state index contributed by atoms with van der Waals surface area (Å²) in [6.07, 6.45) is 2.14. The molecule has 1 aromatic heterocycles. The predicted octanol–water partition coefficient (Wildman–Crippen LogP) is 3.07. The molecule has 3 aromatic rings. The van der Waals surface area contributed by atoms with Gasteiger partial charge in [0.25, 0.3) is 0 Å². The highest BCUT2D eigenvalue weighted by atomic mass is 16.5. The zero-order valence-electron chi connectivity index (χ0n) is 12.3. The Balaban J connectivity index is 1.65. The average Bonchev–Trinajstić information content (AvgIpc) is 2.97. The molecule has 0 bridgehead atoms. The zero-order chi connectivity index (χ0) is 15.4. The Morgan fingerprint density at radius 3 is 2.82 bits per heavy atom. The third-order valence-electron chi connectivity index (χ3n) is 3.49.